The molecule has 0 saturated heterocycles. The summed E-state index contributed by atoms with van der Waals surface area (Å²) in [6.07, 6.45) is 0. The van der Waals surface area contributed by atoms with Crippen LogP contribution in [-0.4, -0.2) is 4.98 Å². The molecule has 0 aliphatic heterocycles. The van der Waals surface area contributed by atoms with Crippen molar-refractivity contribution in [1.82, 2.24) is 4.98 Å². The molecular formula is C7H5N2S2+. The summed E-state index contributed by atoms with van der Waals surface area (Å²) in [6, 6.07) is 7.93. The Morgan fingerprint density at radius 2 is 2.18 bits per heavy atom. The van der Waals surface area contributed by atoms with Gasteiger partial charge in [0.15, 0.2) is 0 Å². The topological polar surface area (TPSA) is 36.7 Å². The molecule has 1 N–H and O–H groups in total. The average molecular weight is 181 g/mol. The lowest BCUT2D eigenvalue weighted by Crippen LogP contribution is -1.66. The van der Waals surface area contributed by atoms with Crippen LogP contribution in [0.15, 0.2) is 28.6 Å². The zero-order valence-corrected chi connectivity index (χ0v) is 7.21. The highest BCUT2D eigenvalue weighted by atomic mass is 32.2. The van der Waals surface area contributed by atoms with Crippen molar-refractivity contribution < 1.29 is 0 Å². The van der Waals surface area contributed by atoms with Crippen LogP contribution in [0.1, 0.15) is 0 Å². The van der Waals surface area contributed by atoms with Crippen LogP contribution in [0.2, 0.25) is 0 Å². The molecule has 0 bridgehead atoms. The van der Waals surface area contributed by atoms with Gasteiger partial charge < -0.3 is 0 Å². The van der Waals surface area contributed by atoms with Crippen molar-refractivity contribution in [3.63, 3.8) is 0 Å². The summed E-state index contributed by atoms with van der Waals surface area (Å²) < 4.78 is 9.01. The van der Waals surface area contributed by atoms with Crippen molar-refractivity contribution in [2.75, 3.05) is 0 Å². The van der Waals surface area contributed by atoms with Gasteiger partial charge in [-0.2, -0.15) is 4.98 Å². The zero-order chi connectivity index (χ0) is 7.68. The number of fused-ring (bicyclic) bond motifs is 1. The molecule has 1 aromatic heterocycles. The molecule has 0 amide bonds. The first-order valence-electron chi connectivity index (χ1n) is 3.09. The Labute approximate surface area is 71.8 Å². The van der Waals surface area contributed by atoms with E-state index < -0.39 is 0 Å². The molecule has 2 nitrogen and oxygen atoms in total. The van der Waals surface area contributed by atoms with Crippen LogP contribution in [0.4, 0.5) is 0 Å². The van der Waals surface area contributed by atoms with E-state index >= 15 is 0 Å². The van der Waals surface area contributed by atoms with E-state index in [0.29, 0.717) is 0 Å². The van der Waals surface area contributed by atoms with E-state index in [1.165, 1.54) is 0 Å². The van der Waals surface area contributed by atoms with Gasteiger partial charge in [-0.05, 0) is 16.9 Å². The molecule has 2 aromatic rings. The van der Waals surface area contributed by atoms with Crippen molar-refractivity contribution in [2.45, 2.75) is 4.34 Å². The van der Waals surface area contributed by atoms with Gasteiger partial charge >= 0.3 is 15.9 Å². The quantitative estimate of drug-likeness (QED) is 0.674. The Morgan fingerprint density at radius 3 is 2.91 bits per heavy atom. The lowest BCUT2D eigenvalue weighted by Gasteiger charge is -1.79. The van der Waals surface area contributed by atoms with Crippen molar-refractivity contribution in [1.29, 1.82) is 4.78 Å². The van der Waals surface area contributed by atoms with Crippen molar-refractivity contribution in [3.8, 4) is 0 Å². The van der Waals surface area contributed by atoms with Crippen molar-refractivity contribution in [3.05, 3.63) is 24.3 Å². The fourth-order valence-electron chi connectivity index (χ4n) is 0.895. The van der Waals surface area contributed by atoms with Gasteiger partial charge in [-0.25, -0.2) is 0 Å². The van der Waals surface area contributed by atoms with E-state index in [1.54, 1.807) is 11.3 Å². The number of thiazole rings is 1. The Bertz CT molecular complexity index is 361. The molecule has 0 atom stereocenters. The van der Waals surface area contributed by atoms with E-state index in [2.05, 4.69) is 4.98 Å². The van der Waals surface area contributed by atoms with E-state index in [-0.39, 0.29) is 0 Å². The zero-order valence-electron chi connectivity index (χ0n) is 5.57. The van der Waals surface area contributed by atoms with Gasteiger partial charge in [0.25, 0.3) is 0 Å². The van der Waals surface area contributed by atoms with Gasteiger partial charge in [-0.3, -0.25) is 0 Å². The number of benzene rings is 1. The van der Waals surface area contributed by atoms with Crippen LogP contribution >= 0.6 is 11.3 Å². The molecule has 0 saturated carbocycles. The maximum absolute atomic E-state index is 7.04. The molecule has 1 heterocycles. The minimum absolute atomic E-state index is 0.811. The highest BCUT2D eigenvalue weighted by Crippen LogP contribution is 2.21. The Balaban J connectivity index is 2.78. The molecule has 0 spiro atoms. The van der Waals surface area contributed by atoms with E-state index in [4.69, 9.17) is 4.78 Å². The summed E-state index contributed by atoms with van der Waals surface area (Å²) in [5.74, 6) is 0. The molecule has 0 aliphatic carbocycles. The van der Waals surface area contributed by atoms with Gasteiger partial charge in [0, 0.05) is 0 Å². The maximum atomic E-state index is 7.04. The monoisotopic (exact) mass is 181 g/mol. The Hall–Kier alpha value is -0.870. The molecule has 4 heteroatoms. The summed E-state index contributed by atoms with van der Waals surface area (Å²) in [5, 5.41) is 0. The second kappa shape index (κ2) is 2.64. The first-order chi connectivity index (χ1) is 5.40. The number of rotatable bonds is 1. The minimum atomic E-state index is 0.811. The fourth-order valence-corrected chi connectivity index (χ4v) is 2.17. The lowest BCUT2D eigenvalue weighted by atomic mass is 10.3. The predicted molar refractivity (Wildman–Crippen MR) is 48.0 cm³/mol. The van der Waals surface area contributed by atoms with Gasteiger partial charge in [0.2, 0.25) is 0 Å². The third-order valence-corrected chi connectivity index (χ3v) is 2.96. The molecule has 0 unspecified atom stereocenters. The van der Waals surface area contributed by atoms with Gasteiger partial charge in [0.05, 0.1) is 10.2 Å². The first-order valence-corrected chi connectivity index (χ1v) is 4.72. The largest absolute Gasteiger partial charge is 0.411 e. The summed E-state index contributed by atoms with van der Waals surface area (Å²) in [7, 11) is 0. The van der Waals surface area contributed by atoms with Crippen molar-refractivity contribution in [2.24, 2.45) is 0 Å². The van der Waals surface area contributed by atoms with Gasteiger partial charge in [0.1, 0.15) is 0 Å². The van der Waals surface area contributed by atoms with E-state index in [1.807, 2.05) is 24.3 Å². The number of nitrogens with one attached hydrogen (secondary N) is 1. The van der Waals surface area contributed by atoms with Crippen LogP contribution in [0, 0.1) is 4.78 Å². The SMILES string of the molecule is N=[S+]c1nc2ccccc2s1. The second-order valence-corrected chi connectivity index (χ2v) is 3.93. The first kappa shape index (κ1) is 6.82. The molecule has 11 heavy (non-hydrogen) atoms. The normalized spacial score (nSPS) is 10.2. The van der Waals surface area contributed by atoms with Gasteiger partial charge in [-0.1, -0.05) is 23.5 Å². The molecule has 2 rings (SSSR count). The summed E-state index contributed by atoms with van der Waals surface area (Å²) >= 11 is 2.51. The fraction of sp³-hybridized carbons (Fsp3) is 0. The second-order valence-electron chi connectivity index (χ2n) is 2.05. The molecule has 0 aliphatic rings. The van der Waals surface area contributed by atoms with Crippen molar-refractivity contribution >= 4 is 33.1 Å². The summed E-state index contributed by atoms with van der Waals surface area (Å²) in [5.41, 5.74) is 0.993. The van der Waals surface area contributed by atoms with Crippen LogP contribution < -0.4 is 0 Å². The number of para-hydroxylation sites is 1. The summed E-state index contributed by atoms with van der Waals surface area (Å²) in [6.45, 7) is 0. The molecule has 0 radical (unpaired) electrons. The highest BCUT2D eigenvalue weighted by Gasteiger charge is 2.09. The predicted octanol–water partition coefficient (Wildman–Crippen LogP) is 2.50. The van der Waals surface area contributed by atoms with Gasteiger partial charge in [-0.15, -0.1) is 0 Å². The van der Waals surface area contributed by atoms with Crippen LogP contribution in [0.3, 0.4) is 0 Å². The smallest absolute Gasteiger partial charge is 0.180 e. The number of nitrogens with zero attached hydrogens (tertiary/aromatic N) is 1. The molecule has 0 fully saturated rings. The number of hydrogen-bond donors (Lipinski definition) is 1. The highest BCUT2D eigenvalue weighted by molar-refractivity contribution is 7.70. The third-order valence-electron chi connectivity index (χ3n) is 1.36. The lowest BCUT2D eigenvalue weighted by molar-refractivity contribution is 1.30. The summed E-state index contributed by atoms with van der Waals surface area (Å²) in [4.78, 5) is 4.23. The standard InChI is InChI=1S/C7H5N2S2/c8-11-7-9-5-3-1-2-4-6(5)10-7/h1-4,8H/q+1. The minimum Gasteiger partial charge on any atom is -0.180 e. The van der Waals surface area contributed by atoms with Crippen LogP contribution in [-0.2, 0) is 11.6 Å². The number of hydrogen-bond acceptors (Lipinski definition) is 3. The van der Waals surface area contributed by atoms with Crippen LogP contribution in [0.5, 0.6) is 0 Å². The third kappa shape index (κ3) is 1.15. The van der Waals surface area contributed by atoms with E-state index in [0.717, 1.165) is 26.1 Å². The van der Waals surface area contributed by atoms with E-state index in [9.17, 15) is 0 Å². The molecular weight excluding hydrogens is 176 g/mol. The molecule has 54 valence electrons. The maximum Gasteiger partial charge on any atom is 0.411 e. The van der Waals surface area contributed by atoms with Crippen LogP contribution in [0.25, 0.3) is 10.2 Å². The Morgan fingerprint density at radius 1 is 1.36 bits per heavy atom. The number of aromatic nitrogens is 1. The average Bonchev–Trinajstić information content (AvgIpc) is 2.46. The Kier molecular flexibility index (Phi) is 1.63. The molecule has 1 aromatic carbocycles.